The van der Waals surface area contributed by atoms with E-state index in [0.29, 0.717) is 10.0 Å². The molecule has 7 heteroatoms. The molecule has 1 unspecified atom stereocenters. The summed E-state index contributed by atoms with van der Waals surface area (Å²) in [5.74, 6) is -1.01. The van der Waals surface area contributed by atoms with Gasteiger partial charge in [0.1, 0.15) is 5.82 Å². The first-order valence-corrected chi connectivity index (χ1v) is 9.83. The molecule has 2 aromatic carbocycles. The van der Waals surface area contributed by atoms with E-state index >= 15 is 0 Å². The van der Waals surface area contributed by atoms with Crippen molar-refractivity contribution >= 4 is 45.3 Å². The Morgan fingerprint density at radius 1 is 1.31 bits per heavy atom. The Bertz CT molecular complexity index is 845. The van der Waals surface area contributed by atoms with Gasteiger partial charge in [0.25, 0.3) is 0 Å². The van der Waals surface area contributed by atoms with E-state index in [1.54, 1.807) is 24.0 Å². The van der Waals surface area contributed by atoms with Crippen LogP contribution in [0.3, 0.4) is 0 Å². The summed E-state index contributed by atoms with van der Waals surface area (Å²) in [7, 11) is 0. The molecule has 2 aromatic rings. The fraction of sp³-hybridized carbons (Fsp3) is 0.263. The monoisotopic (exact) mass is 437 g/mol. The maximum atomic E-state index is 14.3. The fourth-order valence-electron chi connectivity index (χ4n) is 2.76. The third-order valence-electron chi connectivity index (χ3n) is 3.97. The quantitative estimate of drug-likeness (QED) is 0.643. The zero-order valence-electron chi connectivity index (χ0n) is 14.1. The van der Waals surface area contributed by atoms with Gasteiger partial charge in [-0.25, -0.2) is 4.39 Å². The minimum absolute atomic E-state index is 0.00893. The molecule has 1 aliphatic heterocycles. The minimum Gasteiger partial charge on any atom is -0.466 e. The summed E-state index contributed by atoms with van der Waals surface area (Å²) in [5, 5.41) is -0.581. The van der Waals surface area contributed by atoms with Gasteiger partial charge < -0.3 is 9.64 Å². The van der Waals surface area contributed by atoms with Gasteiger partial charge in [0.05, 0.1) is 30.5 Å². The van der Waals surface area contributed by atoms with Crippen LogP contribution in [-0.4, -0.2) is 23.7 Å². The largest absolute Gasteiger partial charge is 0.466 e. The number of amides is 1. The van der Waals surface area contributed by atoms with Crippen LogP contribution in [0.2, 0.25) is 0 Å². The van der Waals surface area contributed by atoms with Crippen molar-refractivity contribution in [1.82, 2.24) is 0 Å². The molecule has 0 N–H and O–H groups in total. The van der Waals surface area contributed by atoms with Crippen LogP contribution in [0.4, 0.5) is 10.1 Å². The van der Waals surface area contributed by atoms with Crippen molar-refractivity contribution in [3.8, 4) is 0 Å². The first-order chi connectivity index (χ1) is 12.5. The molecule has 3 rings (SSSR count). The highest BCUT2D eigenvalue weighted by Crippen LogP contribution is 2.41. The third kappa shape index (κ3) is 4.10. The highest BCUT2D eigenvalue weighted by atomic mass is 79.9. The highest BCUT2D eigenvalue weighted by molar-refractivity contribution is 9.10. The number of anilines is 1. The molecule has 0 fully saturated rings. The lowest BCUT2D eigenvalue weighted by Gasteiger charge is -2.33. The molecule has 0 spiro atoms. The lowest BCUT2D eigenvalue weighted by Crippen LogP contribution is -2.41. The van der Waals surface area contributed by atoms with Crippen LogP contribution in [-0.2, 0) is 20.9 Å². The second-order valence-corrected chi connectivity index (χ2v) is 7.90. The van der Waals surface area contributed by atoms with Gasteiger partial charge in [0.15, 0.2) is 0 Å². The molecule has 0 bridgehead atoms. The summed E-state index contributed by atoms with van der Waals surface area (Å²) in [6.07, 6.45) is -0.00893. The van der Waals surface area contributed by atoms with E-state index in [1.165, 1.54) is 17.8 Å². The van der Waals surface area contributed by atoms with Gasteiger partial charge in [-0.2, -0.15) is 0 Å². The van der Waals surface area contributed by atoms with E-state index in [-0.39, 0.29) is 31.3 Å². The normalized spacial score (nSPS) is 16.3. The number of carbonyl (C=O) groups is 2. The molecule has 1 amide bonds. The maximum Gasteiger partial charge on any atom is 0.307 e. The van der Waals surface area contributed by atoms with Crippen LogP contribution in [0.25, 0.3) is 0 Å². The molecule has 0 saturated heterocycles. The zero-order valence-corrected chi connectivity index (χ0v) is 16.5. The van der Waals surface area contributed by atoms with Gasteiger partial charge in [-0.3, -0.25) is 9.59 Å². The SMILES string of the molecule is CCOC(=O)CC1Sc2ccccc2N(Cc2ccc(Br)cc2F)C1=O. The first kappa shape index (κ1) is 18.9. The van der Waals surface area contributed by atoms with Crippen LogP contribution in [0.15, 0.2) is 51.8 Å². The van der Waals surface area contributed by atoms with E-state index in [2.05, 4.69) is 15.9 Å². The van der Waals surface area contributed by atoms with Gasteiger partial charge in [-0.05, 0) is 31.2 Å². The van der Waals surface area contributed by atoms with Crippen molar-refractivity contribution in [2.24, 2.45) is 0 Å². The van der Waals surface area contributed by atoms with Gasteiger partial charge in [0.2, 0.25) is 5.91 Å². The van der Waals surface area contributed by atoms with Gasteiger partial charge in [-0.15, -0.1) is 11.8 Å². The molecular formula is C19H17BrFNO3S. The third-order valence-corrected chi connectivity index (χ3v) is 5.71. The predicted molar refractivity (Wildman–Crippen MR) is 103 cm³/mol. The molecule has 136 valence electrons. The van der Waals surface area contributed by atoms with Crippen molar-refractivity contribution in [1.29, 1.82) is 0 Å². The maximum absolute atomic E-state index is 14.3. The Morgan fingerprint density at radius 2 is 2.08 bits per heavy atom. The minimum atomic E-state index is -0.581. The van der Waals surface area contributed by atoms with Crippen molar-refractivity contribution < 1.29 is 18.7 Å². The van der Waals surface area contributed by atoms with Crippen LogP contribution in [0.5, 0.6) is 0 Å². The van der Waals surface area contributed by atoms with E-state index < -0.39 is 11.2 Å². The number of para-hydroxylation sites is 1. The molecule has 0 aliphatic carbocycles. The predicted octanol–water partition coefficient (Wildman–Crippen LogP) is 4.55. The van der Waals surface area contributed by atoms with E-state index in [1.807, 2.05) is 24.3 Å². The second-order valence-electron chi connectivity index (χ2n) is 5.74. The Hall–Kier alpha value is -1.86. The number of benzene rings is 2. The van der Waals surface area contributed by atoms with E-state index in [9.17, 15) is 14.0 Å². The summed E-state index contributed by atoms with van der Waals surface area (Å²) in [5.41, 5.74) is 1.14. The fourth-order valence-corrected chi connectivity index (χ4v) is 4.30. The molecule has 1 heterocycles. The molecule has 0 aromatic heterocycles. The van der Waals surface area contributed by atoms with Gasteiger partial charge in [0, 0.05) is 14.9 Å². The van der Waals surface area contributed by atoms with Crippen molar-refractivity contribution in [3.63, 3.8) is 0 Å². The number of hydrogen-bond acceptors (Lipinski definition) is 4. The summed E-state index contributed by atoms with van der Waals surface area (Å²) >= 11 is 4.58. The topological polar surface area (TPSA) is 46.6 Å². The Morgan fingerprint density at radius 3 is 2.81 bits per heavy atom. The number of ether oxygens (including phenoxy) is 1. The number of halogens is 2. The smallest absolute Gasteiger partial charge is 0.307 e. The average Bonchev–Trinajstić information content (AvgIpc) is 2.60. The number of thioether (sulfide) groups is 1. The second kappa shape index (κ2) is 8.22. The zero-order chi connectivity index (χ0) is 18.7. The van der Waals surface area contributed by atoms with E-state index in [4.69, 9.17) is 4.74 Å². The first-order valence-electron chi connectivity index (χ1n) is 8.16. The summed E-state index contributed by atoms with van der Waals surface area (Å²) in [6, 6.07) is 12.2. The molecule has 0 saturated carbocycles. The number of nitrogens with zero attached hydrogens (tertiary/aromatic N) is 1. The Balaban J connectivity index is 1.91. The Kier molecular flexibility index (Phi) is 5.98. The average molecular weight is 438 g/mol. The summed E-state index contributed by atoms with van der Waals surface area (Å²) < 4.78 is 19.9. The molecule has 0 radical (unpaired) electrons. The molecular weight excluding hydrogens is 421 g/mol. The molecule has 4 nitrogen and oxygen atoms in total. The van der Waals surface area contributed by atoms with Crippen LogP contribution in [0.1, 0.15) is 18.9 Å². The molecule has 26 heavy (non-hydrogen) atoms. The summed E-state index contributed by atoms with van der Waals surface area (Å²) in [6.45, 7) is 2.11. The molecule has 1 atom stereocenters. The standard InChI is InChI=1S/C19H17BrFNO3S/c1-2-25-18(23)10-17-19(24)22(15-5-3-4-6-16(15)26-17)11-12-7-8-13(20)9-14(12)21/h3-9,17H,2,10-11H2,1H3. The number of rotatable bonds is 5. The summed E-state index contributed by atoms with van der Waals surface area (Å²) in [4.78, 5) is 27.3. The Labute approximate surface area is 163 Å². The lowest BCUT2D eigenvalue weighted by atomic mass is 10.1. The van der Waals surface area contributed by atoms with Crippen LogP contribution < -0.4 is 4.90 Å². The van der Waals surface area contributed by atoms with E-state index in [0.717, 1.165) is 10.6 Å². The number of carbonyl (C=O) groups excluding carboxylic acids is 2. The lowest BCUT2D eigenvalue weighted by molar-refractivity contribution is -0.144. The molecule has 1 aliphatic rings. The van der Waals surface area contributed by atoms with Crippen molar-refractivity contribution in [3.05, 3.63) is 58.3 Å². The number of esters is 1. The number of hydrogen-bond donors (Lipinski definition) is 0. The van der Waals surface area contributed by atoms with Crippen LogP contribution >= 0.6 is 27.7 Å². The van der Waals surface area contributed by atoms with Gasteiger partial charge in [-0.1, -0.05) is 34.1 Å². The van der Waals surface area contributed by atoms with Crippen LogP contribution in [0, 0.1) is 5.82 Å². The number of fused-ring (bicyclic) bond motifs is 1. The van der Waals surface area contributed by atoms with Crippen molar-refractivity contribution in [2.45, 2.75) is 30.0 Å². The van der Waals surface area contributed by atoms with Crippen molar-refractivity contribution in [2.75, 3.05) is 11.5 Å². The highest BCUT2D eigenvalue weighted by Gasteiger charge is 2.35. The van der Waals surface area contributed by atoms with Gasteiger partial charge >= 0.3 is 5.97 Å².